The molecule has 1 heterocycles. The number of hydrogen-bond acceptors (Lipinski definition) is 3. The van der Waals surface area contributed by atoms with E-state index in [1.807, 2.05) is 47.8 Å². The van der Waals surface area contributed by atoms with E-state index in [0.29, 0.717) is 17.1 Å². The Morgan fingerprint density at radius 1 is 0.731 bits per heavy atom. The maximum Gasteiger partial charge on any atom is 0.323 e. The van der Waals surface area contributed by atoms with Crippen molar-refractivity contribution in [3.8, 4) is 0 Å². The third-order valence-corrected chi connectivity index (χ3v) is 4.22. The Morgan fingerprint density at radius 3 is 1.96 bits per heavy atom. The SMILES string of the molecule is O=C(/C=C/c1cccs1)Nc1ccc(NC(=O)Nc2ccccc2)cc1. The minimum atomic E-state index is -0.327. The van der Waals surface area contributed by atoms with Gasteiger partial charge in [-0.3, -0.25) is 4.79 Å². The number of amides is 3. The molecule has 26 heavy (non-hydrogen) atoms. The van der Waals surface area contributed by atoms with Crippen molar-refractivity contribution < 1.29 is 9.59 Å². The third-order valence-electron chi connectivity index (χ3n) is 3.38. The van der Waals surface area contributed by atoms with Gasteiger partial charge in [0.2, 0.25) is 5.91 Å². The summed E-state index contributed by atoms with van der Waals surface area (Å²) in [7, 11) is 0. The Kier molecular flexibility index (Phi) is 5.80. The highest BCUT2D eigenvalue weighted by Gasteiger charge is 2.03. The minimum absolute atomic E-state index is 0.207. The summed E-state index contributed by atoms with van der Waals surface area (Å²) in [5, 5.41) is 10.2. The molecular formula is C20H17N3O2S. The fourth-order valence-electron chi connectivity index (χ4n) is 2.18. The van der Waals surface area contributed by atoms with Gasteiger partial charge < -0.3 is 16.0 Å². The highest BCUT2D eigenvalue weighted by Crippen LogP contribution is 2.15. The number of benzene rings is 2. The van der Waals surface area contributed by atoms with Crippen LogP contribution in [0.2, 0.25) is 0 Å². The lowest BCUT2D eigenvalue weighted by Gasteiger charge is -2.08. The van der Waals surface area contributed by atoms with Gasteiger partial charge in [0, 0.05) is 28.0 Å². The summed E-state index contributed by atoms with van der Waals surface area (Å²) in [5.74, 6) is -0.207. The second-order valence-electron chi connectivity index (χ2n) is 5.36. The van der Waals surface area contributed by atoms with Crippen LogP contribution >= 0.6 is 11.3 Å². The van der Waals surface area contributed by atoms with E-state index < -0.39 is 0 Å². The zero-order chi connectivity index (χ0) is 18.2. The number of nitrogens with one attached hydrogen (secondary N) is 3. The fourth-order valence-corrected chi connectivity index (χ4v) is 2.80. The van der Waals surface area contributed by atoms with E-state index in [2.05, 4.69) is 16.0 Å². The smallest absolute Gasteiger partial charge is 0.323 e. The van der Waals surface area contributed by atoms with Gasteiger partial charge in [0.1, 0.15) is 0 Å². The summed E-state index contributed by atoms with van der Waals surface area (Å²) in [6.45, 7) is 0. The first-order chi connectivity index (χ1) is 12.7. The van der Waals surface area contributed by atoms with Gasteiger partial charge >= 0.3 is 6.03 Å². The van der Waals surface area contributed by atoms with E-state index >= 15 is 0 Å². The summed E-state index contributed by atoms with van der Waals surface area (Å²) >= 11 is 1.57. The van der Waals surface area contributed by atoms with E-state index in [0.717, 1.165) is 4.88 Å². The number of urea groups is 1. The predicted molar refractivity (Wildman–Crippen MR) is 108 cm³/mol. The molecule has 5 nitrogen and oxygen atoms in total. The summed E-state index contributed by atoms with van der Waals surface area (Å²) < 4.78 is 0. The van der Waals surface area contributed by atoms with Crippen molar-refractivity contribution in [2.45, 2.75) is 0 Å². The number of rotatable bonds is 5. The van der Waals surface area contributed by atoms with Crippen LogP contribution in [0, 0.1) is 0 Å². The molecule has 3 amide bonds. The quantitative estimate of drug-likeness (QED) is 0.556. The molecule has 0 saturated carbocycles. The Balaban J connectivity index is 1.51. The first kappa shape index (κ1) is 17.4. The molecule has 1 aromatic heterocycles. The van der Waals surface area contributed by atoms with E-state index in [4.69, 9.17) is 0 Å². The van der Waals surface area contributed by atoms with E-state index in [1.54, 1.807) is 41.7 Å². The molecule has 0 radical (unpaired) electrons. The van der Waals surface area contributed by atoms with Crippen LogP contribution in [-0.2, 0) is 4.79 Å². The van der Waals surface area contributed by atoms with Crippen molar-refractivity contribution in [1.29, 1.82) is 0 Å². The Hall–Kier alpha value is -3.38. The van der Waals surface area contributed by atoms with Crippen molar-refractivity contribution in [3.63, 3.8) is 0 Å². The minimum Gasteiger partial charge on any atom is -0.323 e. The van der Waals surface area contributed by atoms with Crippen LogP contribution in [0.25, 0.3) is 6.08 Å². The molecule has 6 heteroatoms. The van der Waals surface area contributed by atoms with Crippen LogP contribution in [0.4, 0.5) is 21.9 Å². The second-order valence-corrected chi connectivity index (χ2v) is 6.34. The van der Waals surface area contributed by atoms with Gasteiger partial charge in [-0.2, -0.15) is 0 Å². The van der Waals surface area contributed by atoms with Crippen LogP contribution in [0.5, 0.6) is 0 Å². The standard InChI is InChI=1S/C20H17N3O2S/c24-19(13-12-18-7-4-14-26-18)21-16-8-10-17(11-9-16)23-20(25)22-15-5-2-1-3-6-15/h1-14H,(H,21,24)(H2,22,23,25)/b13-12+. The van der Waals surface area contributed by atoms with E-state index in [1.165, 1.54) is 6.08 Å². The van der Waals surface area contributed by atoms with Crippen molar-refractivity contribution in [1.82, 2.24) is 0 Å². The van der Waals surface area contributed by atoms with Crippen molar-refractivity contribution >= 4 is 46.4 Å². The van der Waals surface area contributed by atoms with E-state index in [9.17, 15) is 9.59 Å². The highest BCUT2D eigenvalue weighted by molar-refractivity contribution is 7.10. The van der Waals surface area contributed by atoms with Crippen LogP contribution in [0.1, 0.15) is 4.88 Å². The molecule has 0 saturated heterocycles. The van der Waals surface area contributed by atoms with Crippen molar-refractivity contribution in [2.24, 2.45) is 0 Å². The van der Waals surface area contributed by atoms with Gasteiger partial charge in [-0.15, -0.1) is 11.3 Å². The molecule has 0 aliphatic carbocycles. The monoisotopic (exact) mass is 363 g/mol. The lowest BCUT2D eigenvalue weighted by atomic mass is 10.2. The largest absolute Gasteiger partial charge is 0.323 e. The lowest BCUT2D eigenvalue weighted by molar-refractivity contribution is -0.111. The lowest BCUT2D eigenvalue weighted by Crippen LogP contribution is -2.19. The molecule has 0 bridgehead atoms. The Morgan fingerprint density at radius 2 is 1.35 bits per heavy atom. The number of thiophene rings is 1. The van der Waals surface area contributed by atoms with E-state index in [-0.39, 0.29) is 11.9 Å². The van der Waals surface area contributed by atoms with Crippen LogP contribution in [0.15, 0.2) is 78.2 Å². The number of para-hydroxylation sites is 1. The van der Waals surface area contributed by atoms with Gasteiger partial charge in [-0.05, 0) is 53.9 Å². The van der Waals surface area contributed by atoms with Gasteiger partial charge in [-0.25, -0.2) is 4.79 Å². The third kappa shape index (κ3) is 5.32. The predicted octanol–water partition coefficient (Wildman–Crippen LogP) is 5.04. The summed E-state index contributed by atoms with van der Waals surface area (Å²) in [5.41, 5.74) is 2.00. The molecule has 0 aliphatic heterocycles. The van der Waals surface area contributed by atoms with Crippen LogP contribution in [-0.4, -0.2) is 11.9 Å². The van der Waals surface area contributed by atoms with Crippen molar-refractivity contribution in [3.05, 3.63) is 83.1 Å². The highest BCUT2D eigenvalue weighted by atomic mass is 32.1. The van der Waals surface area contributed by atoms with Crippen LogP contribution < -0.4 is 16.0 Å². The number of hydrogen-bond donors (Lipinski definition) is 3. The number of anilines is 3. The number of carbonyl (C=O) groups excluding carboxylic acids is 2. The zero-order valence-corrected chi connectivity index (χ0v) is 14.6. The molecule has 3 aromatic rings. The zero-order valence-electron chi connectivity index (χ0n) is 13.8. The number of carbonyl (C=O) groups is 2. The molecule has 0 atom stereocenters. The van der Waals surface area contributed by atoms with Gasteiger partial charge in [0.15, 0.2) is 0 Å². The average Bonchev–Trinajstić information content (AvgIpc) is 3.16. The topological polar surface area (TPSA) is 70.2 Å². The Bertz CT molecular complexity index is 889. The first-order valence-electron chi connectivity index (χ1n) is 7.95. The van der Waals surface area contributed by atoms with Gasteiger partial charge in [0.05, 0.1) is 0 Å². The summed E-state index contributed by atoms with van der Waals surface area (Å²) in [6.07, 6.45) is 3.26. The van der Waals surface area contributed by atoms with Gasteiger partial charge in [-0.1, -0.05) is 24.3 Å². The summed E-state index contributed by atoms with van der Waals surface area (Å²) in [6, 6.07) is 19.6. The molecule has 0 aliphatic rings. The molecule has 2 aromatic carbocycles. The van der Waals surface area contributed by atoms with Gasteiger partial charge in [0.25, 0.3) is 0 Å². The molecule has 3 N–H and O–H groups in total. The summed E-state index contributed by atoms with van der Waals surface area (Å²) in [4.78, 5) is 24.9. The molecule has 0 fully saturated rings. The maximum atomic E-state index is 11.9. The molecule has 0 unspecified atom stereocenters. The average molecular weight is 363 g/mol. The Labute approximate surface area is 155 Å². The first-order valence-corrected chi connectivity index (χ1v) is 8.83. The maximum absolute atomic E-state index is 11.9. The normalized spacial score (nSPS) is 10.5. The van der Waals surface area contributed by atoms with Crippen LogP contribution in [0.3, 0.4) is 0 Å². The molecule has 130 valence electrons. The molecule has 3 rings (SSSR count). The molecule has 0 spiro atoms. The molecular weight excluding hydrogens is 346 g/mol. The van der Waals surface area contributed by atoms with Crippen molar-refractivity contribution in [2.75, 3.05) is 16.0 Å². The fraction of sp³-hybridized carbons (Fsp3) is 0. The second kappa shape index (κ2) is 8.64.